The maximum atomic E-state index is 4.60. The van der Waals surface area contributed by atoms with Gasteiger partial charge in [0.1, 0.15) is 0 Å². The molecule has 0 aliphatic heterocycles. The number of rotatable bonds is 1. The zero-order valence-corrected chi connectivity index (χ0v) is 9.33. The van der Waals surface area contributed by atoms with Gasteiger partial charge in [0.15, 0.2) is 0 Å². The van der Waals surface area contributed by atoms with Crippen molar-refractivity contribution in [2.75, 3.05) is 0 Å². The van der Waals surface area contributed by atoms with Crippen molar-refractivity contribution in [3.05, 3.63) is 16.1 Å². The van der Waals surface area contributed by atoms with Crippen molar-refractivity contribution < 1.29 is 0 Å². The van der Waals surface area contributed by atoms with Gasteiger partial charge in [0.2, 0.25) is 0 Å². The first-order valence-corrected chi connectivity index (χ1v) is 5.25. The monoisotopic (exact) mass is 183 g/mol. The molecule has 0 unspecified atom stereocenters. The molecule has 0 spiro atoms. The van der Waals surface area contributed by atoms with Crippen LogP contribution in [0.3, 0.4) is 0 Å². The molecule has 1 aromatic heterocycles. The second-order valence-electron chi connectivity index (χ2n) is 4.48. The van der Waals surface area contributed by atoms with Crippen LogP contribution in [-0.2, 0) is 5.41 Å². The van der Waals surface area contributed by atoms with Crippen LogP contribution in [0, 0.1) is 0 Å². The zero-order valence-electron chi connectivity index (χ0n) is 8.51. The Morgan fingerprint density at radius 2 is 1.92 bits per heavy atom. The summed E-state index contributed by atoms with van der Waals surface area (Å²) in [5.74, 6) is 0.553. The molecule has 1 rings (SSSR count). The molecule has 0 bridgehead atoms. The summed E-state index contributed by atoms with van der Waals surface area (Å²) in [4.78, 5) is 4.60. The third-order valence-electron chi connectivity index (χ3n) is 1.76. The van der Waals surface area contributed by atoms with E-state index in [9.17, 15) is 0 Å². The Kier molecular flexibility index (Phi) is 2.57. The summed E-state index contributed by atoms with van der Waals surface area (Å²) in [5.41, 5.74) is 1.43. The third kappa shape index (κ3) is 2.07. The van der Waals surface area contributed by atoms with Crippen LogP contribution in [0.4, 0.5) is 0 Å². The first kappa shape index (κ1) is 9.72. The molecule has 1 nitrogen and oxygen atoms in total. The van der Waals surface area contributed by atoms with Crippen LogP contribution in [0.15, 0.2) is 5.38 Å². The number of hydrogen-bond acceptors (Lipinski definition) is 2. The van der Waals surface area contributed by atoms with Crippen LogP contribution in [0.1, 0.15) is 51.2 Å². The molecule has 2 heteroatoms. The summed E-state index contributed by atoms with van der Waals surface area (Å²) >= 11 is 1.77. The van der Waals surface area contributed by atoms with E-state index in [-0.39, 0.29) is 5.41 Å². The van der Waals surface area contributed by atoms with Crippen molar-refractivity contribution in [3.63, 3.8) is 0 Å². The molecule has 1 heterocycles. The lowest BCUT2D eigenvalue weighted by atomic mass is 9.98. The molecule has 0 saturated carbocycles. The predicted molar refractivity (Wildman–Crippen MR) is 54.9 cm³/mol. The molecular weight excluding hydrogens is 166 g/mol. The highest BCUT2D eigenvalue weighted by Gasteiger charge is 2.18. The maximum absolute atomic E-state index is 4.60. The Morgan fingerprint density at radius 1 is 1.33 bits per heavy atom. The standard InChI is InChI=1S/C10H17NS/c1-7(2)8-6-12-9(11-8)10(3,4)5/h6-7H,1-5H3. The number of hydrogen-bond donors (Lipinski definition) is 0. The van der Waals surface area contributed by atoms with Crippen LogP contribution in [0.25, 0.3) is 0 Å². The van der Waals surface area contributed by atoms with E-state index in [1.54, 1.807) is 11.3 Å². The van der Waals surface area contributed by atoms with Gasteiger partial charge in [-0.05, 0) is 5.92 Å². The van der Waals surface area contributed by atoms with Gasteiger partial charge in [0, 0.05) is 10.8 Å². The summed E-state index contributed by atoms with van der Waals surface area (Å²) in [6.45, 7) is 11.0. The van der Waals surface area contributed by atoms with Crippen LogP contribution in [0.5, 0.6) is 0 Å². The van der Waals surface area contributed by atoms with Gasteiger partial charge in [0.05, 0.1) is 10.7 Å². The molecule has 68 valence electrons. The van der Waals surface area contributed by atoms with E-state index in [1.807, 2.05) is 0 Å². The summed E-state index contributed by atoms with van der Waals surface area (Å²) < 4.78 is 0. The fraction of sp³-hybridized carbons (Fsp3) is 0.700. The Labute approximate surface area is 78.8 Å². The summed E-state index contributed by atoms with van der Waals surface area (Å²) in [5, 5.41) is 3.41. The Morgan fingerprint density at radius 3 is 2.17 bits per heavy atom. The normalized spacial score (nSPS) is 12.5. The lowest BCUT2D eigenvalue weighted by Gasteiger charge is -2.13. The van der Waals surface area contributed by atoms with Gasteiger partial charge < -0.3 is 0 Å². The fourth-order valence-corrected chi connectivity index (χ4v) is 1.96. The number of thiazole rings is 1. The van der Waals surface area contributed by atoms with Gasteiger partial charge in [-0.25, -0.2) is 4.98 Å². The Hall–Kier alpha value is -0.370. The smallest absolute Gasteiger partial charge is 0.0981 e. The van der Waals surface area contributed by atoms with E-state index in [4.69, 9.17) is 0 Å². The largest absolute Gasteiger partial charge is 0.245 e. The average molecular weight is 183 g/mol. The minimum absolute atomic E-state index is 0.206. The topological polar surface area (TPSA) is 12.9 Å². The maximum Gasteiger partial charge on any atom is 0.0981 e. The highest BCUT2D eigenvalue weighted by atomic mass is 32.1. The van der Waals surface area contributed by atoms with E-state index in [2.05, 4.69) is 45.0 Å². The molecule has 0 amide bonds. The molecule has 0 aromatic carbocycles. The van der Waals surface area contributed by atoms with Crippen LogP contribution in [-0.4, -0.2) is 4.98 Å². The van der Waals surface area contributed by atoms with Crippen LogP contribution >= 0.6 is 11.3 Å². The minimum Gasteiger partial charge on any atom is -0.245 e. The Bertz CT molecular complexity index is 255. The predicted octanol–water partition coefficient (Wildman–Crippen LogP) is 3.56. The lowest BCUT2D eigenvalue weighted by molar-refractivity contribution is 0.581. The van der Waals surface area contributed by atoms with Crippen molar-refractivity contribution in [3.8, 4) is 0 Å². The van der Waals surface area contributed by atoms with E-state index in [0.717, 1.165) is 0 Å². The highest BCUT2D eigenvalue weighted by Crippen LogP contribution is 2.27. The van der Waals surface area contributed by atoms with E-state index in [1.165, 1.54) is 10.7 Å². The van der Waals surface area contributed by atoms with Crippen LogP contribution < -0.4 is 0 Å². The lowest BCUT2D eigenvalue weighted by Crippen LogP contribution is -2.10. The quantitative estimate of drug-likeness (QED) is 0.648. The molecular formula is C10H17NS. The molecule has 0 fully saturated rings. The number of aromatic nitrogens is 1. The van der Waals surface area contributed by atoms with Gasteiger partial charge in [-0.3, -0.25) is 0 Å². The zero-order chi connectivity index (χ0) is 9.35. The molecule has 0 N–H and O–H groups in total. The molecule has 0 saturated heterocycles. The first-order chi connectivity index (χ1) is 5.41. The van der Waals surface area contributed by atoms with Gasteiger partial charge in [-0.15, -0.1) is 11.3 Å². The molecule has 0 aliphatic carbocycles. The fourth-order valence-electron chi connectivity index (χ4n) is 0.896. The third-order valence-corrected chi connectivity index (χ3v) is 3.04. The second kappa shape index (κ2) is 3.17. The molecule has 0 radical (unpaired) electrons. The van der Waals surface area contributed by atoms with E-state index < -0.39 is 0 Å². The average Bonchev–Trinajstić information content (AvgIpc) is 2.30. The molecule has 0 aliphatic rings. The van der Waals surface area contributed by atoms with Gasteiger partial charge in [0.25, 0.3) is 0 Å². The van der Waals surface area contributed by atoms with Crippen molar-refractivity contribution in [2.45, 2.75) is 46.0 Å². The molecule has 1 aromatic rings. The summed E-state index contributed by atoms with van der Waals surface area (Å²) in [7, 11) is 0. The van der Waals surface area contributed by atoms with Crippen LogP contribution in [0.2, 0.25) is 0 Å². The highest BCUT2D eigenvalue weighted by molar-refractivity contribution is 7.09. The van der Waals surface area contributed by atoms with Crippen molar-refractivity contribution in [2.24, 2.45) is 0 Å². The minimum atomic E-state index is 0.206. The number of nitrogens with zero attached hydrogens (tertiary/aromatic N) is 1. The van der Waals surface area contributed by atoms with Crippen molar-refractivity contribution >= 4 is 11.3 Å². The Balaban J connectivity index is 2.92. The summed E-state index contributed by atoms with van der Waals surface area (Å²) in [6.07, 6.45) is 0. The van der Waals surface area contributed by atoms with Gasteiger partial charge in [-0.1, -0.05) is 34.6 Å². The summed E-state index contributed by atoms with van der Waals surface area (Å²) in [6, 6.07) is 0. The SMILES string of the molecule is CC(C)c1csc(C(C)(C)C)n1. The van der Waals surface area contributed by atoms with E-state index in [0.29, 0.717) is 5.92 Å². The first-order valence-electron chi connectivity index (χ1n) is 4.37. The van der Waals surface area contributed by atoms with Gasteiger partial charge >= 0.3 is 0 Å². The second-order valence-corrected chi connectivity index (χ2v) is 5.34. The van der Waals surface area contributed by atoms with Crippen molar-refractivity contribution in [1.82, 2.24) is 4.98 Å². The van der Waals surface area contributed by atoms with E-state index >= 15 is 0 Å². The van der Waals surface area contributed by atoms with Crippen molar-refractivity contribution in [1.29, 1.82) is 0 Å². The van der Waals surface area contributed by atoms with Gasteiger partial charge in [-0.2, -0.15) is 0 Å². The molecule has 12 heavy (non-hydrogen) atoms. The molecule has 0 atom stereocenters.